The summed E-state index contributed by atoms with van der Waals surface area (Å²) in [5, 5.41) is 14.0. The first-order chi connectivity index (χ1) is 15.6. The van der Waals surface area contributed by atoms with Crippen LogP contribution in [0.5, 0.6) is 5.75 Å². The molecule has 0 saturated carbocycles. The highest BCUT2D eigenvalue weighted by Gasteiger charge is 2.45. The molecule has 1 atom stereocenters. The number of ether oxygens (including phenoxy) is 1. The zero-order valence-corrected chi connectivity index (χ0v) is 19.9. The van der Waals surface area contributed by atoms with Crippen molar-refractivity contribution < 1.29 is 19.0 Å². The molecule has 33 heavy (non-hydrogen) atoms. The molecular weight excluding hydrogens is 443 g/mol. The fourth-order valence-corrected chi connectivity index (χ4v) is 4.92. The van der Waals surface area contributed by atoms with Crippen molar-refractivity contribution in [2.75, 3.05) is 25.5 Å². The van der Waals surface area contributed by atoms with Gasteiger partial charge in [-0.3, -0.25) is 0 Å². The maximum absolute atomic E-state index is 14.4. The lowest BCUT2D eigenvalue weighted by Gasteiger charge is -2.28. The van der Waals surface area contributed by atoms with Gasteiger partial charge < -0.3 is 20.1 Å². The van der Waals surface area contributed by atoms with Gasteiger partial charge in [-0.2, -0.15) is 4.37 Å². The maximum atomic E-state index is 14.4. The summed E-state index contributed by atoms with van der Waals surface area (Å²) in [5.41, 5.74) is 0.764. The van der Waals surface area contributed by atoms with Crippen molar-refractivity contribution in [3.63, 3.8) is 0 Å². The number of nitrogens with zero attached hydrogens (tertiary/aromatic N) is 3. The Hall–Kier alpha value is -3.04. The largest absolute Gasteiger partial charge is 0.495 e. The van der Waals surface area contributed by atoms with Crippen LogP contribution in [0, 0.1) is 12.7 Å². The Labute approximate surface area is 196 Å². The number of methoxy groups -OCH3 is 1. The SMILES string of the molecule is COc1ccc(C(C)(C)O)cc1NC(=O)N1CC[C@](c2ccc(C)c(F)c2)(c2ncns2)C1. The summed E-state index contributed by atoms with van der Waals surface area (Å²) in [6, 6.07) is 10.1. The maximum Gasteiger partial charge on any atom is 0.321 e. The van der Waals surface area contributed by atoms with Crippen LogP contribution in [-0.4, -0.2) is 45.6 Å². The minimum absolute atomic E-state index is 0.285. The van der Waals surface area contributed by atoms with Gasteiger partial charge in [0.15, 0.2) is 0 Å². The lowest BCUT2D eigenvalue weighted by molar-refractivity contribution is 0.0786. The number of hydrogen-bond donors (Lipinski definition) is 2. The Morgan fingerprint density at radius 3 is 2.73 bits per heavy atom. The van der Waals surface area contributed by atoms with Crippen molar-refractivity contribution in [1.82, 2.24) is 14.3 Å². The minimum Gasteiger partial charge on any atom is -0.495 e. The van der Waals surface area contributed by atoms with Gasteiger partial charge in [-0.1, -0.05) is 18.2 Å². The molecule has 2 aromatic carbocycles. The summed E-state index contributed by atoms with van der Waals surface area (Å²) in [7, 11) is 1.52. The fourth-order valence-electron chi connectivity index (χ4n) is 4.17. The number of likely N-dealkylation sites (tertiary alicyclic amines) is 1. The molecule has 0 unspecified atom stereocenters. The van der Waals surface area contributed by atoms with Crippen LogP contribution >= 0.6 is 11.5 Å². The van der Waals surface area contributed by atoms with Gasteiger partial charge in [-0.05, 0) is 73.6 Å². The van der Waals surface area contributed by atoms with Crippen LogP contribution in [0.4, 0.5) is 14.9 Å². The molecule has 2 N–H and O–H groups in total. The first kappa shape index (κ1) is 23.1. The number of urea groups is 1. The molecule has 2 amide bonds. The summed E-state index contributed by atoms with van der Waals surface area (Å²) in [6.45, 7) is 5.88. The molecular formula is C24H27FN4O3S. The number of hydrogen-bond acceptors (Lipinski definition) is 6. The van der Waals surface area contributed by atoms with Crippen LogP contribution in [0.2, 0.25) is 0 Å². The Balaban J connectivity index is 1.63. The van der Waals surface area contributed by atoms with E-state index >= 15 is 0 Å². The van der Waals surface area contributed by atoms with Crippen LogP contribution in [0.25, 0.3) is 0 Å². The van der Waals surface area contributed by atoms with Gasteiger partial charge in [0.05, 0.1) is 23.8 Å². The summed E-state index contributed by atoms with van der Waals surface area (Å²) in [6.07, 6.45) is 2.08. The molecule has 7 nitrogen and oxygen atoms in total. The van der Waals surface area contributed by atoms with Gasteiger partial charge in [0.2, 0.25) is 0 Å². The van der Waals surface area contributed by atoms with Crippen molar-refractivity contribution >= 4 is 23.3 Å². The van der Waals surface area contributed by atoms with Gasteiger partial charge in [0.1, 0.15) is 22.9 Å². The van der Waals surface area contributed by atoms with Crippen LogP contribution in [0.1, 0.15) is 42.0 Å². The standard InChI is InChI=1S/C24H27FN4O3S/c1-15-5-6-17(11-18(15)25)24(21-26-14-27-33-21)9-10-29(13-24)22(30)28-19-12-16(23(2,3)31)7-8-20(19)32-4/h5-8,11-12,14,31H,9-10,13H2,1-4H3,(H,28,30)/t24-/m0/s1. The van der Waals surface area contributed by atoms with Gasteiger partial charge >= 0.3 is 6.03 Å². The van der Waals surface area contributed by atoms with Crippen LogP contribution in [-0.2, 0) is 11.0 Å². The number of aryl methyl sites for hydroxylation is 1. The number of carbonyl (C=O) groups is 1. The first-order valence-corrected chi connectivity index (χ1v) is 11.4. The molecule has 174 valence electrons. The second-order valence-electron chi connectivity index (χ2n) is 8.87. The van der Waals surface area contributed by atoms with E-state index < -0.39 is 11.0 Å². The van der Waals surface area contributed by atoms with E-state index in [9.17, 15) is 14.3 Å². The van der Waals surface area contributed by atoms with E-state index in [1.807, 2.05) is 6.07 Å². The molecule has 3 aromatic rings. The van der Waals surface area contributed by atoms with Crippen LogP contribution < -0.4 is 10.1 Å². The van der Waals surface area contributed by atoms with E-state index in [0.29, 0.717) is 42.1 Å². The van der Waals surface area contributed by atoms with Crippen LogP contribution in [0.3, 0.4) is 0 Å². The summed E-state index contributed by atoms with van der Waals surface area (Å²) < 4.78 is 24.0. The molecule has 1 aliphatic rings. The number of aliphatic hydroxyl groups is 1. The van der Waals surface area contributed by atoms with Gasteiger partial charge in [-0.25, -0.2) is 14.2 Å². The van der Waals surface area contributed by atoms with Crippen molar-refractivity contribution in [2.45, 2.75) is 38.2 Å². The van der Waals surface area contributed by atoms with Crippen LogP contribution in [0.15, 0.2) is 42.7 Å². The molecule has 1 aliphatic heterocycles. The predicted octanol–water partition coefficient (Wildman–Crippen LogP) is 4.45. The highest BCUT2D eigenvalue weighted by Crippen LogP contribution is 2.42. The third kappa shape index (κ3) is 4.43. The number of nitrogens with one attached hydrogen (secondary N) is 1. The number of aromatic nitrogens is 2. The van der Waals surface area contributed by atoms with E-state index in [0.717, 1.165) is 10.6 Å². The van der Waals surface area contributed by atoms with Crippen molar-refractivity contribution in [1.29, 1.82) is 0 Å². The molecule has 1 aromatic heterocycles. The third-order valence-corrected chi connectivity index (χ3v) is 7.07. The Kier molecular flexibility index (Phi) is 6.11. The van der Waals surface area contributed by atoms with E-state index in [1.54, 1.807) is 49.9 Å². The smallest absolute Gasteiger partial charge is 0.321 e. The lowest BCUT2D eigenvalue weighted by atomic mass is 9.80. The normalized spacial score (nSPS) is 18.4. The van der Waals surface area contributed by atoms with Crippen molar-refractivity contribution in [2.24, 2.45) is 0 Å². The number of halogens is 1. The average Bonchev–Trinajstić information content (AvgIpc) is 3.46. The topological polar surface area (TPSA) is 87.6 Å². The lowest BCUT2D eigenvalue weighted by Crippen LogP contribution is -2.37. The van der Waals surface area contributed by atoms with Gasteiger partial charge in [-0.15, -0.1) is 0 Å². The highest BCUT2D eigenvalue weighted by atomic mass is 32.1. The average molecular weight is 471 g/mol. The highest BCUT2D eigenvalue weighted by molar-refractivity contribution is 7.05. The van der Waals surface area contributed by atoms with Crippen molar-refractivity contribution in [3.05, 3.63) is 70.2 Å². The fraction of sp³-hybridized carbons (Fsp3) is 0.375. The first-order valence-electron chi connectivity index (χ1n) is 10.6. The number of carbonyl (C=O) groups excluding carboxylic acids is 1. The van der Waals surface area contributed by atoms with E-state index in [-0.39, 0.29) is 11.8 Å². The van der Waals surface area contributed by atoms with E-state index in [4.69, 9.17) is 4.74 Å². The summed E-state index contributed by atoms with van der Waals surface area (Å²) in [4.78, 5) is 19.4. The zero-order valence-electron chi connectivity index (χ0n) is 19.1. The molecule has 0 radical (unpaired) electrons. The summed E-state index contributed by atoms with van der Waals surface area (Å²) in [5.74, 6) is 0.207. The number of anilines is 1. The molecule has 0 spiro atoms. The molecule has 9 heteroatoms. The second-order valence-corrected chi connectivity index (χ2v) is 9.65. The second kappa shape index (κ2) is 8.72. The number of rotatable bonds is 5. The number of benzene rings is 2. The summed E-state index contributed by atoms with van der Waals surface area (Å²) >= 11 is 1.26. The van der Waals surface area contributed by atoms with Gasteiger partial charge in [0.25, 0.3) is 0 Å². The number of amides is 2. The third-order valence-electron chi connectivity index (χ3n) is 6.20. The van der Waals surface area contributed by atoms with E-state index in [1.165, 1.54) is 31.0 Å². The molecule has 1 fully saturated rings. The Morgan fingerprint density at radius 2 is 2.09 bits per heavy atom. The molecule has 0 aliphatic carbocycles. The molecule has 0 bridgehead atoms. The minimum atomic E-state index is -1.07. The van der Waals surface area contributed by atoms with Crippen molar-refractivity contribution in [3.8, 4) is 5.75 Å². The Bertz CT molecular complexity index is 1160. The van der Waals surface area contributed by atoms with E-state index in [2.05, 4.69) is 14.7 Å². The monoisotopic (exact) mass is 470 g/mol. The predicted molar refractivity (Wildman–Crippen MR) is 125 cm³/mol. The zero-order chi connectivity index (χ0) is 23.8. The van der Waals surface area contributed by atoms with Gasteiger partial charge in [0, 0.05) is 13.1 Å². The molecule has 4 rings (SSSR count). The molecule has 1 saturated heterocycles. The quantitative estimate of drug-likeness (QED) is 0.575. The Morgan fingerprint density at radius 1 is 1.30 bits per heavy atom. The molecule has 2 heterocycles.